The van der Waals surface area contributed by atoms with Gasteiger partial charge in [-0.1, -0.05) is 28.9 Å². The third kappa shape index (κ3) is 4.02. The van der Waals surface area contributed by atoms with Gasteiger partial charge in [0.1, 0.15) is 18.3 Å². The van der Waals surface area contributed by atoms with Crippen molar-refractivity contribution in [2.45, 2.75) is 50.5 Å². The van der Waals surface area contributed by atoms with E-state index in [1.54, 1.807) is 0 Å². The molecular weight excluding hydrogens is 350 g/mol. The van der Waals surface area contributed by atoms with Crippen LogP contribution >= 0.6 is 0 Å². The van der Waals surface area contributed by atoms with Crippen LogP contribution < -0.4 is 5.32 Å². The van der Waals surface area contributed by atoms with E-state index in [-0.39, 0.29) is 30.8 Å². The molecule has 1 aromatic carbocycles. The molecule has 2 saturated heterocycles. The highest BCUT2D eigenvalue weighted by Crippen LogP contribution is 2.27. The molecule has 4 rings (SSSR count). The molecule has 1 amide bonds. The molecule has 0 spiro atoms. The number of benzene rings is 1. The Balaban J connectivity index is 1.24. The molecule has 2 aliphatic rings. The lowest BCUT2D eigenvalue weighted by Crippen LogP contribution is -2.44. The minimum absolute atomic E-state index is 0.0762. The Kier molecular flexibility index (Phi) is 5.20. The van der Waals surface area contributed by atoms with E-state index in [0.29, 0.717) is 37.6 Å². The van der Waals surface area contributed by atoms with Crippen molar-refractivity contribution in [3.8, 4) is 11.4 Å². The molecule has 1 aromatic heterocycles. The molecule has 2 N–H and O–H groups in total. The number of rotatable bonds is 6. The van der Waals surface area contributed by atoms with Crippen LogP contribution in [0.3, 0.4) is 0 Å². The largest absolute Gasteiger partial charge is 0.388 e. The summed E-state index contributed by atoms with van der Waals surface area (Å²) in [6, 6.07) is 7.69. The highest BCUT2D eigenvalue weighted by molar-refractivity contribution is 5.76. The van der Waals surface area contributed by atoms with Crippen LogP contribution in [0.5, 0.6) is 0 Å². The lowest BCUT2D eigenvalue weighted by atomic mass is 10.1. The summed E-state index contributed by atoms with van der Waals surface area (Å²) in [6.45, 7) is 2.63. The molecule has 2 aliphatic heterocycles. The van der Waals surface area contributed by atoms with Crippen LogP contribution in [0.1, 0.15) is 24.3 Å². The topological polar surface area (TPSA) is 107 Å². The second kappa shape index (κ2) is 7.75. The summed E-state index contributed by atoms with van der Waals surface area (Å²) in [5.74, 6) is 1.00. The Morgan fingerprint density at radius 1 is 1.30 bits per heavy atom. The number of aliphatic hydroxyl groups is 1. The summed E-state index contributed by atoms with van der Waals surface area (Å²) >= 11 is 0. The monoisotopic (exact) mass is 373 g/mol. The van der Waals surface area contributed by atoms with Gasteiger partial charge in [0.2, 0.25) is 17.6 Å². The van der Waals surface area contributed by atoms with E-state index < -0.39 is 6.10 Å². The molecular formula is C19H23N3O5. The van der Waals surface area contributed by atoms with Gasteiger partial charge < -0.3 is 24.4 Å². The number of aliphatic hydroxyl groups excluding tert-OH is 1. The summed E-state index contributed by atoms with van der Waals surface area (Å²) in [6.07, 6.45) is 0.266. The Hall–Kier alpha value is -2.29. The van der Waals surface area contributed by atoms with Gasteiger partial charge in [-0.15, -0.1) is 0 Å². The van der Waals surface area contributed by atoms with Gasteiger partial charge in [-0.3, -0.25) is 4.79 Å². The van der Waals surface area contributed by atoms with Gasteiger partial charge in [0, 0.05) is 18.4 Å². The van der Waals surface area contributed by atoms with E-state index >= 15 is 0 Å². The SMILES string of the molecule is Cc1cccc(-c2noc(CCCC(=O)N[C@@H]3CO[C@H]4[C@@H]3OC[C@H]4O)n2)c1. The predicted molar refractivity (Wildman–Crippen MR) is 94.8 cm³/mol. The van der Waals surface area contributed by atoms with Crippen molar-refractivity contribution in [1.29, 1.82) is 0 Å². The minimum atomic E-state index is -0.614. The molecule has 27 heavy (non-hydrogen) atoms. The standard InChI is InChI=1S/C19H23N3O5/c1-11-4-2-5-12(8-11)19-21-16(27-22-19)7-3-6-15(24)20-13-9-25-18-14(23)10-26-17(13)18/h2,4-5,8,13-14,17-18,23H,3,6-7,9-10H2,1H3,(H,20,24)/t13-,14-,17-,18-/m1/s1. The number of aryl methyl sites for hydroxylation is 2. The number of fused-ring (bicyclic) bond motifs is 1. The van der Waals surface area contributed by atoms with Gasteiger partial charge in [0.05, 0.1) is 19.3 Å². The number of carbonyl (C=O) groups is 1. The van der Waals surface area contributed by atoms with Gasteiger partial charge in [0.25, 0.3) is 0 Å². The van der Waals surface area contributed by atoms with Crippen LogP contribution in [0.2, 0.25) is 0 Å². The van der Waals surface area contributed by atoms with Crippen LogP contribution in [0, 0.1) is 6.92 Å². The first-order chi connectivity index (χ1) is 13.1. The van der Waals surface area contributed by atoms with Crippen LogP contribution in [-0.2, 0) is 20.7 Å². The van der Waals surface area contributed by atoms with Crippen molar-refractivity contribution >= 4 is 5.91 Å². The zero-order valence-electron chi connectivity index (χ0n) is 15.1. The third-order valence-corrected chi connectivity index (χ3v) is 4.91. The minimum Gasteiger partial charge on any atom is -0.388 e. The summed E-state index contributed by atoms with van der Waals surface area (Å²) < 4.78 is 16.3. The first kappa shape index (κ1) is 18.1. The normalized spacial score (nSPS) is 26.9. The highest BCUT2D eigenvalue weighted by atomic mass is 16.6. The quantitative estimate of drug-likeness (QED) is 0.778. The summed E-state index contributed by atoms with van der Waals surface area (Å²) in [5, 5.41) is 16.7. The van der Waals surface area contributed by atoms with Gasteiger partial charge in [-0.2, -0.15) is 4.98 Å². The average Bonchev–Trinajstić information content (AvgIpc) is 3.35. The number of nitrogens with one attached hydrogen (secondary N) is 1. The van der Waals surface area contributed by atoms with Crippen LogP contribution in [0.15, 0.2) is 28.8 Å². The molecule has 0 aliphatic carbocycles. The number of hydrogen-bond acceptors (Lipinski definition) is 7. The second-order valence-electron chi connectivity index (χ2n) is 7.07. The maximum Gasteiger partial charge on any atom is 0.226 e. The Morgan fingerprint density at radius 3 is 3.00 bits per heavy atom. The zero-order valence-corrected chi connectivity index (χ0v) is 15.1. The van der Waals surface area contributed by atoms with E-state index in [2.05, 4.69) is 15.5 Å². The molecule has 2 fully saturated rings. The Morgan fingerprint density at radius 2 is 2.15 bits per heavy atom. The Labute approximate surface area is 156 Å². The van der Waals surface area contributed by atoms with Crippen molar-refractivity contribution < 1.29 is 23.9 Å². The smallest absolute Gasteiger partial charge is 0.226 e. The van der Waals surface area contributed by atoms with E-state index in [9.17, 15) is 9.90 Å². The number of nitrogens with zero attached hydrogens (tertiary/aromatic N) is 2. The molecule has 0 saturated carbocycles. The maximum absolute atomic E-state index is 12.2. The molecule has 8 nitrogen and oxygen atoms in total. The first-order valence-corrected chi connectivity index (χ1v) is 9.20. The van der Waals surface area contributed by atoms with Crippen LogP contribution in [-0.4, -0.2) is 58.7 Å². The summed E-state index contributed by atoms with van der Waals surface area (Å²) in [5.41, 5.74) is 2.05. The number of ether oxygens (including phenoxy) is 2. The maximum atomic E-state index is 12.2. The van der Waals surface area contributed by atoms with Crippen molar-refractivity contribution in [2.75, 3.05) is 13.2 Å². The van der Waals surface area contributed by atoms with Gasteiger partial charge in [0.15, 0.2) is 0 Å². The number of carbonyl (C=O) groups excluding carboxylic acids is 1. The summed E-state index contributed by atoms with van der Waals surface area (Å²) in [7, 11) is 0. The molecule has 3 heterocycles. The lowest BCUT2D eigenvalue weighted by molar-refractivity contribution is -0.122. The molecule has 4 atom stereocenters. The van der Waals surface area contributed by atoms with E-state index in [1.165, 1.54) is 0 Å². The molecule has 0 radical (unpaired) electrons. The third-order valence-electron chi connectivity index (χ3n) is 4.91. The average molecular weight is 373 g/mol. The zero-order chi connectivity index (χ0) is 18.8. The van der Waals surface area contributed by atoms with Crippen molar-refractivity contribution in [2.24, 2.45) is 0 Å². The van der Waals surface area contributed by atoms with E-state index in [4.69, 9.17) is 14.0 Å². The number of hydrogen-bond donors (Lipinski definition) is 2. The number of amides is 1. The fourth-order valence-corrected chi connectivity index (χ4v) is 3.54. The van der Waals surface area contributed by atoms with Gasteiger partial charge >= 0.3 is 0 Å². The Bertz CT molecular complexity index is 808. The highest BCUT2D eigenvalue weighted by Gasteiger charge is 2.47. The summed E-state index contributed by atoms with van der Waals surface area (Å²) in [4.78, 5) is 16.6. The lowest BCUT2D eigenvalue weighted by Gasteiger charge is -2.17. The van der Waals surface area contributed by atoms with Gasteiger partial charge in [-0.05, 0) is 19.4 Å². The molecule has 144 valence electrons. The number of aromatic nitrogens is 2. The molecule has 8 heteroatoms. The van der Waals surface area contributed by atoms with Gasteiger partial charge in [-0.25, -0.2) is 0 Å². The molecule has 2 aromatic rings. The van der Waals surface area contributed by atoms with E-state index in [1.807, 2.05) is 31.2 Å². The van der Waals surface area contributed by atoms with Crippen LogP contribution in [0.25, 0.3) is 11.4 Å². The van der Waals surface area contributed by atoms with Crippen molar-refractivity contribution in [1.82, 2.24) is 15.5 Å². The fraction of sp³-hybridized carbons (Fsp3) is 0.526. The van der Waals surface area contributed by atoms with Crippen molar-refractivity contribution in [3.05, 3.63) is 35.7 Å². The van der Waals surface area contributed by atoms with E-state index in [0.717, 1.165) is 11.1 Å². The molecule has 0 unspecified atom stereocenters. The molecule has 0 bridgehead atoms. The van der Waals surface area contributed by atoms with Crippen LogP contribution in [0.4, 0.5) is 0 Å². The predicted octanol–water partition coefficient (Wildman–Crippen LogP) is 1.01. The first-order valence-electron chi connectivity index (χ1n) is 9.20. The second-order valence-corrected chi connectivity index (χ2v) is 7.07. The van der Waals surface area contributed by atoms with Crippen molar-refractivity contribution in [3.63, 3.8) is 0 Å². The fourth-order valence-electron chi connectivity index (χ4n) is 3.54.